The summed E-state index contributed by atoms with van der Waals surface area (Å²) in [5.41, 5.74) is 1.46. The Hall–Kier alpha value is -2.18. The van der Waals surface area contributed by atoms with E-state index in [0.29, 0.717) is 25.4 Å². The first-order chi connectivity index (χ1) is 11.5. The molecule has 0 aliphatic carbocycles. The summed E-state index contributed by atoms with van der Waals surface area (Å²) in [5.74, 6) is -0.927. The van der Waals surface area contributed by atoms with Gasteiger partial charge in [-0.3, -0.25) is 10.0 Å². The molecule has 0 aliphatic heterocycles. The molecule has 0 aliphatic rings. The van der Waals surface area contributed by atoms with Crippen LogP contribution in [0.4, 0.5) is 5.69 Å². The van der Waals surface area contributed by atoms with Gasteiger partial charge in [-0.2, -0.15) is 3.28 Å². The van der Waals surface area contributed by atoms with Gasteiger partial charge in [0.05, 0.1) is 18.4 Å². The molecule has 0 unspecified atom stereocenters. The van der Waals surface area contributed by atoms with E-state index in [2.05, 4.69) is 14.7 Å². The van der Waals surface area contributed by atoms with Crippen molar-refractivity contribution in [3.63, 3.8) is 0 Å². The number of fused-ring (bicyclic) bond motifs is 1. The number of thiazole rings is 1. The van der Waals surface area contributed by atoms with E-state index in [9.17, 15) is 17.9 Å². The standard InChI is InChI=1S/C14H10IN3O5S/c1-23-14(20)11-6-24-13(17-11)12(19)9-5-16-10-4-7(18(22)15-21)2-3-8(9)10/h2-6,16,22H,1H3. The predicted molar refractivity (Wildman–Crippen MR) is 94.2 cm³/mol. The highest BCUT2D eigenvalue weighted by atomic mass is 127. The number of methoxy groups -OCH3 is 1. The van der Waals surface area contributed by atoms with Gasteiger partial charge in [0, 0.05) is 22.5 Å². The zero-order chi connectivity index (χ0) is 17.3. The van der Waals surface area contributed by atoms with Crippen molar-refractivity contribution >= 4 is 61.1 Å². The van der Waals surface area contributed by atoms with Crippen LogP contribution >= 0.6 is 32.8 Å². The lowest BCUT2D eigenvalue weighted by Gasteiger charge is -2.06. The van der Waals surface area contributed by atoms with Crippen LogP contribution in [0.15, 0.2) is 29.8 Å². The number of nitrogens with zero attached hydrogens (tertiary/aromatic N) is 2. The summed E-state index contributed by atoms with van der Waals surface area (Å²) < 4.78 is 16.1. The van der Waals surface area contributed by atoms with Crippen LogP contribution in [0.2, 0.25) is 0 Å². The third-order valence-corrected chi connectivity index (χ3v) is 5.05. The van der Waals surface area contributed by atoms with Crippen molar-refractivity contribution < 1.29 is 22.6 Å². The monoisotopic (exact) mass is 459 g/mol. The third kappa shape index (κ3) is 2.95. The lowest BCUT2D eigenvalue weighted by atomic mass is 10.1. The van der Waals surface area contributed by atoms with E-state index < -0.39 is 27.4 Å². The minimum atomic E-state index is -1.73. The fourth-order valence-corrected chi connectivity index (χ4v) is 3.42. The fourth-order valence-electron chi connectivity index (χ4n) is 2.15. The van der Waals surface area contributed by atoms with Crippen molar-refractivity contribution in [3.05, 3.63) is 46.0 Å². The minimum Gasteiger partial charge on any atom is -0.464 e. The van der Waals surface area contributed by atoms with Crippen LogP contribution in [0.5, 0.6) is 0 Å². The number of carbonyl (C=O) groups is 2. The fraction of sp³-hybridized carbons (Fsp3) is 0.0714. The summed E-state index contributed by atoms with van der Waals surface area (Å²) in [6.07, 6.45) is 1.53. The molecule has 0 bridgehead atoms. The maximum absolute atomic E-state index is 12.6. The molecule has 0 saturated carbocycles. The lowest BCUT2D eigenvalue weighted by molar-refractivity contribution is 0.0595. The Bertz CT molecular complexity index is 951. The SMILES string of the molecule is COC(=O)c1csc(C(=O)c2c[nH]c3cc(N(O)I=O)ccc23)n1. The largest absolute Gasteiger partial charge is 0.464 e. The zero-order valence-corrected chi connectivity index (χ0v) is 15.1. The quantitative estimate of drug-likeness (QED) is 0.198. The molecule has 2 heterocycles. The average molecular weight is 459 g/mol. The van der Waals surface area contributed by atoms with Crippen LogP contribution in [0.1, 0.15) is 25.9 Å². The molecule has 10 heteroatoms. The summed E-state index contributed by atoms with van der Waals surface area (Å²) in [7, 11) is 1.25. The number of rotatable bonds is 5. The van der Waals surface area contributed by atoms with Crippen LogP contribution in [0.25, 0.3) is 10.9 Å². The van der Waals surface area contributed by atoms with Crippen LogP contribution in [0.3, 0.4) is 0 Å². The Morgan fingerprint density at radius 3 is 2.92 bits per heavy atom. The summed E-state index contributed by atoms with van der Waals surface area (Å²) in [6.45, 7) is 0. The predicted octanol–water partition coefficient (Wildman–Crippen LogP) is 3.07. The molecular formula is C14H10IN3O5S. The van der Waals surface area contributed by atoms with E-state index in [1.54, 1.807) is 18.2 Å². The Morgan fingerprint density at radius 1 is 1.42 bits per heavy atom. The third-order valence-electron chi connectivity index (χ3n) is 3.28. The zero-order valence-electron chi connectivity index (χ0n) is 12.1. The number of anilines is 1. The topological polar surface area (TPSA) is 113 Å². The molecule has 0 saturated heterocycles. The molecule has 2 N–H and O–H groups in total. The number of aromatic nitrogens is 2. The molecule has 0 radical (unpaired) electrons. The second-order valence-corrected chi connectivity index (χ2v) is 6.79. The maximum Gasteiger partial charge on any atom is 0.357 e. The van der Waals surface area contributed by atoms with Crippen molar-refractivity contribution in [3.8, 4) is 0 Å². The first-order valence-electron chi connectivity index (χ1n) is 6.51. The minimum absolute atomic E-state index is 0.0864. The molecule has 124 valence electrons. The highest BCUT2D eigenvalue weighted by Gasteiger charge is 2.20. The number of aromatic amines is 1. The van der Waals surface area contributed by atoms with Crippen molar-refractivity contribution in [1.82, 2.24) is 9.97 Å². The van der Waals surface area contributed by atoms with Crippen LogP contribution in [-0.4, -0.2) is 34.0 Å². The molecular weight excluding hydrogens is 449 g/mol. The van der Waals surface area contributed by atoms with Gasteiger partial charge in [-0.15, -0.1) is 11.3 Å². The van der Waals surface area contributed by atoms with Crippen LogP contribution in [0, 0.1) is 0 Å². The number of hydrogen-bond acceptors (Lipinski definition) is 7. The van der Waals surface area contributed by atoms with Gasteiger partial charge < -0.3 is 9.72 Å². The Labute approximate surface area is 150 Å². The summed E-state index contributed by atoms with van der Waals surface area (Å²) in [4.78, 5) is 31.0. The number of benzene rings is 1. The number of ether oxygens (including phenoxy) is 1. The van der Waals surface area contributed by atoms with E-state index in [1.807, 2.05) is 0 Å². The molecule has 1 aromatic carbocycles. The first-order valence-corrected chi connectivity index (χ1v) is 9.23. The summed E-state index contributed by atoms with van der Waals surface area (Å²) in [6, 6.07) is 4.80. The molecule has 3 aromatic rings. The van der Waals surface area contributed by atoms with Gasteiger partial charge in [0.25, 0.3) is 21.5 Å². The van der Waals surface area contributed by atoms with Gasteiger partial charge in [0.1, 0.15) is 0 Å². The van der Waals surface area contributed by atoms with Gasteiger partial charge >= 0.3 is 5.97 Å². The second kappa shape index (κ2) is 6.75. The average Bonchev–Trinajstić information content (AvgIpc) is 3.26. The number of ketones is 1. The van der Waals surface area contributed by atoms with E-state index >= 15 is 0 Å². The van der Waals surface area contributed by atoms with E-state index in [4.69, 9.17) is 0 Å². The van der Waals surface area contributed by atoms with Crippen molar-refractivity contribution in [2.24, 2.45) is 0 Å². The van der Waals surface area contributed by atoms with Crippen molar-refractivity contribution in [2.75, 3.05) is 10.4 Å². The molecule has 0 spiro atoms. The van der Waals surface area contributed by atoms with Crippen molar-refractivity contribution in [2.45, 2.75) is 0 Å². The number of hydrogen-bond donors (Lipinski definition) is 2. The second-order valence-electron chi connectivity index (χ2n) is 4.62. The van der Waals surface area contributed by atoms with E-state index in [1.165, 1.54) is 18.7 Å². The number of H-pyrrole nitrogens is 1. The Balaban J connectivity index is 1.97. The highest BCUT2D eigenvalue weighted by molar-refractivity contribution is 14.1. The lowest BCUT2D eigenvalue weighted by Crippen LogP contribution is -2.04. The summed E-state index contributed by atoms with van der Waals surface area (Å²) in [5, 5.41) is 11.8. The first kappa shape index (κ1) is 16.7. The Morgan fingerprint density at radius 2 is 2.21 bits per heavy atom. The van der Waals surface area contributed by atoms with Crippen molar-refractivity contribution in [1.29, 1.82) is 0 Å². The molecule has 0 amide bonds. The number of esters is 1. The van der Waals surface area contributed by atoms with Gasteiger partial charge in [-0.25, -0.2) is 12.8 Å². The Kier molecular flexibility index (Phi) is 4.69. The van der Waals surface area contributed by atoms with Gasteiger partial charge in [0.15, 0.2) is 10.7 Å². The van der Waals surface area contributed by atoms with Crippen LogP contribution in [-0.2, 0) is 7.81 Å². The number of halogens is 1. The van der Waals surface area contributed by atoms with Gasteiger partial charge in [-0.05, 0) is 18.2 Å². The van der Waals surface area contributed by atoms with Gasteiger partial charge in [0.2, 0.25) is 5.78 Å². The molecule has 2 aromatic heterocycles. The number of nitrogens with one attached hydrogen (secondary N) is 1. The van der Waals surface area contributed by atoms with E-state index in [0.717, 1.165) is 11.3 Å². The summed E-state index contributed by atoms with van der Waals surface area (Å²) >= 11 is -0.674. The normalized spacial score (nSPS) is 10.8. The van der Waals surface area contributed by atoms with Crippen LogP contribution < -0.4 is 3.28 Å². The smallest absolute Gasteiger partial charge is 0.357 e. The van der Waals surface area contributed by atoms with Gasteiger partial charge in [-0.1, -0.05) is 0 Å². The highest BCUT2D eigenvalue weighted by Crippen LogP contribution is 2.28. The molecule has 0 fully saturated rings. The molecule has 24 heavy (non-hydrogen) atoms. The number of carbonyl (C=O) groups excluding carboxylic acids is 2. The molecule has 0 atom stereocenters. The molecule has 8 nitrogen and oxygen atoms in total. The van der Waals surface area contributed by atoms with E-state index in [-0.39, 0.29) is 16.5 Å². The maximum atomic E-state index is 12.6. The molecule has 3 rings (SSSR count).